The maximum Gasteiger partial charge on any atom is 0.200 e. The lowest BCUT2D eigenvalue weighted by Crippen LogP contribution is -2.32. The van der Waals surface area contributed by atoms with Gasteiger partial charge in [0.25, 0.3) is 0 Å². The second-order valence-electron chi connectivity index (χ2n) is 12.4. The molecule has 0 heterocycles. The van der Waals surface area contributed by atoms with Crippen molar-refractivity contribution in [2.45, 2.75) is 64.1 Å². The highest BCUT2D eigenvalue weighted by molar-refractivity contribution is 5.82. The molecule has 0 amide bonds. The molecule has 3 nitrogen and oxygen atoms in total. The average molecular weight is 597 g/mol. The molecule has 45 heavy (non-hydrogen) atoms. The molecule has 0 saturated carbocycles. The van der Waals surface area contributed by atoms with Crippen molar-refractivity contribution in [3.8, 4) is 33.8 Å². The number of fused-ring (bicyclic) bond motifs is 1. The molecule has 3 heteroatoms. The first-order valence-electron chi connectivity index (χ1n) is 16.5. The summed E-state index contributed by atoms with van der Waals surface area (Å²) in [5.74, 6) is 1.71. The topological polar surface area (TPSA) is 27.7 Å². The van der Waals surface area contributed by atoms with Crippen LogP contribution >= 0.6 is 0 Å². The van der Waals surface area contributed by atoms with Crippen molar-refractivity contribution in [1.82, 2.24) is 0 Å². The fourth-order valence-electron chi connectivity index (χ4n) is 6.56. The number of ether oxygens (including phenoxy) is 3. The van der Waals surface area contributed by atoms with Crippen LogP contribution in [-0.2, 0) is 23.0 Å². The smallest absolute Gasteiger partial charge is 0.200 e. The van der Waals surface area contributed by atoms with Crippen LogP contribution < -0.4 is 9.47 Å². The van der Waals surface area contributed by atoms with E-state index in [-0.39, 0.29) is 5.41 Å². The van der Waals surface area contributed by atoms with Gasteiger partial charge in [0.1, 0.15) is 18.1 Å². The van der Waals surface area contributed by atoms with Gasteiger partial charge < -0.3 is 14.2 Å². The minimum Gasteiger partial charge on any atom is -0.490 e. The van der Waals surface area contributed by atoms with Gasteiger partial charge >= 0.3 is 0 Å². The molecule has 0 N–H and O–H groups in total. The van der Waals surface area contributed by atoms with E-state index in [1.165, 1.54) is 29.5 Å². The van der Waals surface area contributed by atoms with Crippen molar-refractivity contribution in [2.24, 2.45) is 0 Å². The van der Waals surface area contributed by atoms with Crippen LogP contribution in [-0.4, -0.2) is 19.5 Å². The molecule has 0 radical (unpaired) electrons. The third kappa shape index (κ3) is 7.49. The normalized spacial score (nSPS) is 16.2. The predicted molar refractivity (Wildman–Crippen MR) is 185 cm³/mol. The van der Waals surface area contributed by atoms with Crippen molar-refractivity contribution in [1.29, 1.82) is 0 Å². The Bertz CT molecular complexity index is 1590. The molecule has 0 aromatic heterocycles. The van der Waals surface area contributed by atoms with Gasteiger partial charge in [-0.25, -0.2) is 0 Å². The Morgan fingerprint density at radius 2 is 1.33 bits per heavy atom. The van der Waals surface area contributed by atoms with E-state index in [9.17, 15) is 0 Å². The highest BCUT2D eigenvalue weighted by Crippen LogP contribution is 2.43. The monoisotopic (exact) mass is 596 g/mol. The standard InChI is InChI=1S/C42H44O3/c1-3-4-14-32-23-25-36(26-24-32)45-40(31-42(2)28-27-35-19-11-12-22-39(35)42)43-29-30-44-41-37(33-15-7-5-8-16-33)20-13-21-38(41)34-17-9-6-10-18-34/h5-13,15-26,40H,3-4,14,27-31H2,1-2H3. The molecule has 1 aliphatic rings. The molecule has 1 aliphatic carbocycles. The molecule has 2 unspecified atom stereocenters. The lowest BCUT2D eigenvalue weighted by atomic mass is 9.80. The number of hydrogen-bond acceptors (Lipinski definition) is 3. The van der Waals surface area contributed by atoms with Crippen LogP contribution in [0.5, 0.6) is 11.5 Å². The summed E-state index contributed by atoms with van der Waals surface area (Å²) in [5.41, 5.74) is 8.59. The molecule has 2 atom stereocenters. The van der Waals surface area contributed by atoms with E-state index in [4.69, 9.17) is 14.2 Å². The molecule has 5 aromatic rings. The number of para-hydroxylation sites is 1. The summed E-state index contributed by atoms with van der Waals surface area (Å²) >= 11 is 0. The van der Waals surface area contributed by atoms with Gasteiger partial charge in [-0.2, -0.15) is 0 Å². The van der Waals surface area contributed by atoms with E-state index in [0.29, 0.717) is 13.2 Å². The molecule has 0 saturated heterocycles. The van der Waals surface area contributed by atoms with Gasteiger partial charge in [0, 0.05) is 17.5 Å². The summed E-state index contributed by atoms with van der Waals surface area (Å²) in [6, 6.07) is 44.6. The third-order valence-electron chi connectivity index (χ3n) is 9.06. The van der Waals surface area contributed by atoms with Gasteiger partial charge in [-0.05, 0) is 71.0 Å². The quantitative estimate of drug-likeness (QED) is 0.0943. The number of aryl methyl sites for hydroxylation is 2. The third-order valence-corrected chi connectivity index (χ3v) is 9.06. The van der Waals surface area contributed by atoms with E-state index < -0.39 is 6.29 Å². The van der Waals surface area contributed by atoms with Crippen LogP contribution in [0, 0.1) is 0 Å². The summed E-state index contributed by atoms with van der Waals surface area (Å²) < 4.78 is 19.7. The Kier molecular flexibility index (Phi) is 9.97. The zero-order valence-electron chi connectivity index (χ0n) is 26.6. The molecule has 0 fully saturated rings. The molecule has 6 rings (SSSR count). The summed E-state index contributed by atoms with van der Waals surface area (Å²) in [4.78, 5) is 0. The number of benzene rings is 5. The molecule has 0 bridgehead atoms. The van der Waals surface area contributed by atoms with Crippen molar-refractivity contribution >= 4 is 0 Å². The number of rotatable bonds is 14. The second kappa shape index (κ2) is 14.6. The van der Waals surface area contributed by atoms with Gasteiger partial charge in [0.05, 0.1) is 6.61 Å². The van der Waals surface area contributed by atoms with Crippen LogP contribution in [0.4, 0.5) is 0 Å². The van der Waals surface area contributed by atoms with Crippen molar-refractivity contribution < 1.29 is 14.2 Å². The van der Waals surface area contributed by atoms with Gasteiger partial charge in [0.2, 0.25) is 6.29 Å². The Hall–Kier alpha value is -4.34. The summed E-state index contributed by atoms with van der Waals surface area (Å²) in [6.45, 7) is 5.40. The molecular formula is C42H44O3. The maximum absolute atomic E-state index is 6.60. The van der Waals surface area contributed by atoms with Gasteiger partial charge in [-0.15, -0.1) is 0 Å². The molecule has 0 spiro atoms. The minimum absolute atomic E-state index is 0.0103. The van der Waals surface area contributed by atoms with Crippen molar-refractivity contribution in [2.75, 3.05) is 13.2 Å². The van der Waals surface area contributed by atoms with E-state index in [1.54, 1.807) is 0 Å². The zero-order chi connectivity index (χ0) is 30.9. The first kappa shape index (κ1) is 30.7. The van der Waals surface area contributed by atoms with E-state index in [1.807, 2.05) is 12.1 Å². The van der Waals surface area contributed by atoms with Crippen LogP contribution in [0.1, 0.15) is 56.2 Å². The molecule has 230 valence electrons. The van der Waals surface area contributed by atoms with Gasteiger partial charge in [-0.3, -0.25) is 0 Å². The van der Waals surface area contributed by atoms with E-state index in [0.717, 1.165) is 59.4 Å². The fraction of sp³-hybridized carbons (Fsp3) is 0.286. The Morgan fingerprint density at radius 3 is 2.00 bits per heavy atom. The summed E-state index contributed by atoms with van der Waals surface area (Å²) in [7, 11) is 0. The van der Waals surface area contributed by atoms with Gasteiger partial charge in [-0.1, -0.05) is 136 Å². The minimum atomic E-state index is -0.399. The van der Waals surface area contributed by atoms with Crippen LogP contribution in [0.2, 0.25) is 0 Å². The van der Waals surface area contributed by atoms with E-state index in [2.05, 4.69) is 129 Å². The first-order valence-corrected chi connectivity index (χ1v) is 16.5. The van der Waals surface area contributed by atoms with Crippen LogP contribution in [0.15, 0.2) is 127 Å². The second-order valence-corrected chi connectivity index (χ2v) is 12.4. The Labute approximate surface area is 268 Å². The van der Waals surface area contributed by atoms with Crippen molar-refractivity contribution in [3.63, 3.8) is 0 Å². The largest absolute Gasteiger partial charge is 0.490 e. The summed E-state index contributed by atoms with van der Waals surface area (Å²) in [5, 5.41) is 0. The highest BCUT2D eigenvalue weighted by atomic mass is 16.7. The molecular weight excluding hydrogens is 552 g/mol. The Morgan fingerprint density at radius 1 is 0.689 bits per heavy atom. The number of hydrogen-bond donors (Lipinski definition) is 0. The summed E-state index contributed by atoms with van der Waals surface area (Å²) in [6.07, 6.45) is 6.04. The first-order chi connectivity index (χ1) is 22.1. The SMILES string of the molecule is CCCCc1ccc(OC(CC2(C)CCc3ccccc32)OCCOc2c(-c3ccccc3)cccc2-c2ccccc2)cc1. The fourth-order valence-corrected chi connectivity index (χ4v) is 6.56. The molecule has 5 aromatic carbocycles. The maximum atomic E-state index is 6.60. The van der Waals surface area contributed by atoms with Gasteiger partial charge in [0.15, 0.2) is 0 Å². The lowest BCUT2D eigenvalue weighted by Gasteiger charge is -2.31. The predicted octanol–water partition coefficient (Wildman–Crippen LogP) is 10.5. The van der Waals surface area contributed by atoms with E-state index >= 15 is 0 Å². The average Bonchev–Trinajstić information content (AvgIpc) is 3.42. The highest BCUT2D eigenvalue weighted by Gasteiger charge is 2.37. The zero-order valence-corrected chi connectivity index (χ0v) is 26.6. The van der Waals surface area contributed by atoms with Crippen LogP contribution in [0.3, 0.4) is 0 Å². The lowest BCUT2D eigenvalue weighted by molar-refractivity contribution is -0.101. The Balaban J connectivity index is 1.20. The molecule has 0 aliphatic heterocycles. The van der Waals surface area contributed by atoms with Crippen LogP contribution in [0.25, 0.3) is 22.3 Å². The van der Waals surface area contributed by atoms with Crippen molar-refractivity contribution in [3.05, 3.63) is 144 Å². The number of unbranched alkanes of at least 4 members (excludes halogenated alkanes) is 1.